The predicted octanol–water partition coefficient (Wildman–Crippen LogP) is 19.7. The zero-order valence-corrected chi connectivity index (χ0v) is 45.8. The molecule has 0 aromatic heterocycles. The summed E-state index contributed by atoms with van der Waals surface area (Å²) in [6.45, 7) is 6.38. The standard InChI is InChI=1S/C64H108O6/c1-4-7-10-13-16-19-22-25-28-31-32-34-36-39-42-45-48-51-54-57-63(66)69-60-61(59-68-62(65)56-53-50-47-44-41-38-35-30-27-24-21-18-15-12-9-6-3)70-64(67)58-55-52-49-46-43-40-37-33-29-26-23-20-17-14-11-8-5-2/h7-8,10-11,16-17,19-20,25-26,28-29,37,40,46,49,61H,4-6,9,12-15,18,21-24,27,30-36,38-39,41-45,47-48,50-60H2,1-3H3/b10-7-,11-8-,19-16-,20-17-,28-25-,29-26-,40-37-,49-46-. The van der Waals surface area contributed by atoms with Gasteiger partial charge in [0.25, 0.3) is 0 Å². The number of carbonyl (C=O) groups is 3. The first-order valence-corrected chi connectivity index (χ1v) is 29.2. The van der Waals surface area contributed by atoms with Gasteiger partial charge in [-0.1, -0.05) is 259 Å². The zero-order valence-electron chi connectivity index (χ0n) is 45.8. The molecule has 6 nitrogen and oxygen atoms in total. The number of unbranched alkanes of at least 4 members (excludes halogenated alkanes) is 25. The van der Waals surface area contributed by atoms with Crippen LogP contribution in [0.5, 0.6) is 0 Å². The maximum absolute atomic E-state index is 12.8. The number of ether oxygens (including phenoxy) is 3. The lowest BCUT2D eigenvalue weighted by Gasteiger charge is -2.18. The van der Waals surface area contributed by atoms with Crippen molar-refractivity contribution in [3.05, 3.63) is 97.2 Å². The van der Waals surface area contributed by atoms with Gasteiger partial charge in [-0.3, -0.25) is 14.4 Å². The average molecular weight is 974 g/mol. The van der Waals surface area contributed by atoms with Crippen LogP contribution >= 0.6 is 0 Å². The maximum Gasteiger partial charge on any atom is 0.306 e. The first-order chi connectivity index (χ1) is 34.5. The van der Waals surface area contributed by atoms with Gasteiger partial charge in [0.1, 0.15) is 13.2 Å². The largest absolute Gasteiger partial charge is 0.462 e. The minimum absolute atomic E-state index is 0.1000. The Hall–Kier alpha value is -3.67. The van der Waals surface area contributed by atoms with E-state index in [1.54, 1.807) is 0 Å². The number of carbonyl (C=O) groups excluding carboxylic acids is 3. The molecule has 6 heteroatoms. The Balaban J connectivity index is 4.46. The second-order valence-electron chi connectivity index (χ2n) is 19.1. The average Bonchev–Trinajstić information content (AvgIpc) is 3.36. The lowest BCUT2D eigenvalue weighted by Crippen LogP contribution is -2.30. The van der Waals surface area contributed by atoms with E-state index in [0.717, 1.165) is 96.3 Å². The molecule has 0 amide bonds. The topological polar surface area (TPSA) is 78.9 Å². The van der Waals surface area contributed by atoms with Gasteiger partial charge in [-0.05, 0) is 89.9 Å². The van der Waals surface area contributed by atoms with Crippen LogP contribution in [0.25, 0.3) is 0 Å². The SMILES string of the molecule is CC/C=C\C/C=C\C/C=C\C/C=C\C/C=C\CCCC(=O)OC(COC(=O)CCCCCCCCCCC/C=C\C/C=C\C/C=C\CC)COC(=O)CCCCCCCCCCCCCCCCCC. The molecule has 1 atom stereocenters. The van der Waals surface area contributed by atoms with Crippen LogP contribution in [0.3, 0.4) is 0 Å². The minimum atomic E-state index is -0.809. The molecular weight excluding hydrogens is 865 g/mol. The third-order valence-electron chi connectivity index (χ3n) is 12.3. The molecular formula is C64H108O6. The van der Waals surface area contributed by atoms with Gasteiger partial charge in [0.15, 0.2) is 6.10 Å². The summed E-state index contributed by atoms with van der Waals surface area (Å²) < 4.78 is 16.8. The van der Waals surface area contributed by atoms with E-state index in [-0.39, 0.29) is 37.5 Å². The fourth-order valence-electron chi connectivity index (χ4n) is 8.02. The summed E-state index contributed by atoms with van der Waals surface area (Å²) in [5.74, 6) is -0.958. The van der Waals surface area contributed by atoms with Crippen molar-refractivity contribution in [2.45, 2.75) is 277 Å². The smallest absolute Gasteiger partial charge is 0.306 e. The van der Waals surface area contributed by atoms with Gasteiger partial charge in [0.05, 0.1) is 0 Å². The third kappa shape index (κ3) is 55.3. The molecule has 0 aromatic carbocycles. The molecule has 1 unspecified atom stereocenters. The van der Waals surface area contributed by atoms with Crippen LogP contribution in [-0.4, -0.2) is 37.2 Å². The van der Waals surface area contributed by atoms with E-state index in [2.05, 4.69) is 118 Å². The number of allylic oxidation sites excluding steroid dienone is 16. The van der Waals surface area contributed by atoms with Gasteiger partial charge in [-0.15, -0.1) is 0 Å². The summed E-state index contributed by atoms with van der Waals surface area (Å²) in [6.07, 6.45) is 76.9. The molecule has 0 N–H and O–H groups in total. The Morgan fingerprint density at radius 1 is 0.300 bits per heavy atom. The highest BCUT2D eigenvalue weighted by Crippen LogP contribution is 2.16. The second-order valence-corrected chi connectivity index (χ2v) is 19.1. The van der Waals surface area contributed by atoms with E-state index in [9.17, 15) is 14.4 Å². The molecule has 0 rings (SSSR count). The summed E-state index contributed by atoms with van der Waals surface area (Å²) >= 11 is 0. The van der Waals surface area contributed by atoms with Crippen LogP contribution < -0.4 is 0 Å². The molecule has 0 radical (unpaired) electrons. The highest BCUT2D eigenvalue weighted by atomic mass is 16.6. The van der Waals surface area contributed by atoms with Crippen molar-refractivity contribution in [2.24, 2.45) is 0 Å². The molecule has 70 heavy (non-hydrogen) atoms. The van der Waals surface area contributed by atoms with Crippen LogP contribution in [0, 0.1) is 0 Å². The van der Waals surface area contributed by atoms with E-state index in [1.807, 2.05) is 0 Å². The third-order valence-corrected chi connectivity index (χ3v) is 12.3. The number of rotatable bonds is 52. The molecule has 0 heterocycles. The van der Waals surface area contributed by atoms with Crippen molar-refractivity contribution in [1.29, 1.82) is 0 Å². The van der Waals surface area contributed by atoms with E-state index >= 15 is 0 Å². The molecule has 0 aliphatic rings. The molecule has 0 aliphatic carbocycles. The van der Waals surface area contributed by atoms with Crippen molar-refractivity contribution in [3.63, 3.8) is 0 Å². The van der Waals surface area contributed by atoms with Crippen molar-refractivity contribution in [1.82, 2.24) is 0 Å². The second kappa shape index (κ2) is 57.9. The Morgan fingerprint density at radius 3 is 0.914 bits per heavy atom. The first-order valence-electron chi connectivity index (χ1n) is 29.2. The van der Waals surface area contributed by atoms with Crippen LogP contribution in [-0.2, 0) is 28.6 Å². The fourth-order valence-corrected chi connectivity index (χ4v) is 8.02. The molecule has 0 saturated carbocycles. The molecule has 400 valence electrons. The summed E-state index contributed by atoms with van der Waals surface area (Å²) in [6, 6.07) is 0. The first kappa shape index (κ1) is 66.3. The molecule has 0 spiro atoms. The Kier molecular flexibility index (Phi) is 54.9. The van der Waals surface area contributed by atoms with Crippen molar-refractivity contribution in [3.8, 4) is 0 Å². The summed E-state index contributed by atoms with van der Waals surface area (Å²) in [7, 11) is 0. The molecule has 0 aliphatic heterocycles. The van der Waals surface area contributed by atoms with Crippen molar-refractivity contribution < 1.29 is 28.6 Å². The maximum atomic E-state index is 12.8. The van der Waals surface area contributed by atoms with E-state index in [4.69, 9.17) is 14.2 Å². The Labute approximate surface area is 432 Å². The van der Waals surface area contributed by atoms with Crippen LogP contribution in [0.1, 0.15) is 271 Å². The van der Waals surface area contributed by atoms with Gasteiger partial charge in [-0.25, -0.2) is 0 Å². The number of hydrogen-bond acceptors (Lipinski definition) is 6. The van der Waals surface area contributed by atoms with Crippen molar-refractivity contribution in [2.75, 3.05) is 13.2 Å². The van der Waals surface area contributed by atoms with Gasteiger partial charge >= 0.3 is 17.9 Å². The van der Waals surface area contributed by atoms with E-state index in [1.165, 1.54) is 128 Å². The number of hydrogen-bond donors (Lipinski definition) is 0. The summed E-state index contributed by atoms with van der Waals surface area (Å²) in [4.78, 5) is 38.2. The molecule has 0 aromatic rings. The van der Waals surface area contributed by atoms with Crippen LogP contribution in [0.15, 0.2) is 97.2 Å². The van der Waals surface area contributed by atoms with Gasteiger partial charge in [-0.2, -0.15) is 0 Å². The monoisotopic (exact) mass is 973 g/mol. The van der Waals surface area contributed by atoms with Crippen LogP contribution in [0.4, 0.5) is 0 Å². The Morgan fingerprint density at radius 2 is 0.571 bits per heavy atom. The highest BCUT2D eigenvalue weighted by molar-refractivity contribution is 5.71. The predicted molar refractivity (Wildman–Crippen MR) is 302 cm³/mol. The van der Waals surface area contributed by atoms with Crippen molar-refractivity contribution >= 4 is 17.9 Å². The zero-order chi connectivity index (χ0) is 50.7. The quantitative estimate of drug-likeness (QED) is 0.0262. The number of esters is 3. The summed E-state index contributed by atoms with van der Waals surface area (Å²) in [5.41, 5.74) is 0. The highest BCUT2D eigenvalue weighted by Gasteiger charge is 2.19. The van der Waals surface area contributed by atoms with Gasteiger partial charge < -0.3 is 14.2 Å². The van der Waals surface area contributed by atoms with Gasteiger partial charge in [0.2, 0.25) is 0 Å². The lowest BCUT2D eigenvalue weighted by atomic mass is 10.0. The molecule has 0 bridgehead atoms. The van der Waals surface area contributed by atoms with E-state index < -0.39 is 6.10 Å². The molecule has 0 saturated heterocycles. The van der Waals surface area contributed by atoms with Gasteiger partial charge in [0, 0.05) is 19.3 Å². The fraction of sp³-hybridized carbons (Fsp3) is 0.703. The lowest BCUT2D eigenvalue weighted by molar-refractivity contribution is -0.167. The van der Waals surface area contributed by atoms with E-state index in [0.29, 0.717) is 19.3 Å². The minimum Gasteiger partial charge on any atom is -0.462 e. The Bertz CT molecular complexity index is 1400. The molecule has 0 fully saturated rings. The normalized spacial score (nSPS) is 12.8. The van der Waals surface area contributed by atoms with Crippen LogP contribution in [0.2, 0.25) is 0 Å². The summed E-state index contributed by atoms with van der Waals surface area (Å²) in [5, 5.41) is 0.